The van der Waals surface area contributed by atoms with Gasteiger partial charge >= 0.3 is 6.18 Å². The molecule has 0 saturated carbocycles. The number of anilines is 2. The highest BCUT2D eigenvalue weighted by molar-refractivity contribution is 8.13. The van der Waals surface area contributed by atoms with Crippen LogP contribution < -0.4 is 15.8 Å². The van der Waals surface area contributed by atoms with Gasteiger partial charge in [-0.05, 0) is 49.6 Å². The van der Waals surface area contributed by atoms with Crippen LogP contribution in [0.4, 0.5) is 24.0 Å². The number of nitrogens with two attached hydrogens (primary N) is 1. The van der Waals surface area contributed by atoms with E-state index in [9.17, 15) is 13.2 Å². The molecule has 1 heterocycles. The fraction of sp³-hybridized carbons (Fsp3) is 0.182. The molecular weight excluding hydrogens is 485 g/mol. The number of benzene rings is 2. The van der Waals surface area contributed by atoms with Crippen LogP contribution in [-0.2, 0) is 6.18 Å². The average Bonchev–Trinajstić information content (AvgIpc) is 3.26. The fourth-order valence-corrected chi connectivity index (χ4v) is 3.86. The maximum Gasteiger partial charge on any atom is 0.416 e. The zero-order chi connectivity index (χ0) is 24.7. The van der Waals surface area contributed by atoms with Gasteiger partial charge in [0.25, 0.3) is 0 Å². The molecule has 1 aromatic heterocycles. The normalized spacial score (nSPS) is 13.4. The Labute approximate surface area is 202 Å². The van der Waals surface area contributed by atoms with E-state index in [0.717, 1.165) is 17.7 Å². The molecule has 0 fully saturated rings. The molecule has 1 atom stereocenters. The number of aliphatic imine (C=N–C) groups is 2. The monoisotopic (exact) mass is 506 g/mol. The minimum absolute atomic E-state index is 0.258. The summed E-state index contributed by atoms with van der Waals surface area (Å²) in [6.45, 7) is 5.33. The lowest BCUT2D eigenvalue weighted by Crippen LogP contribution is -2.13. The van der Waals surface area contributed by atoms with Gasteiger partial charge in [0.2, 0.25) is 5.13 Å². The van der Waals surface area contributed by atoms with Crippen LogP contribution in [0.2, 0.25) is 0 Å². The Morgan fingerprint density at radius 3 is 2.71 bits per heavy atom. The summed E-state index contributed by atoms with van der Waals surface area (Å²) in [5, 5.41) is 12.4. The second kappa shape index (κ2) is 11.2. The van der Waals surface area contributed by atoms with Crippen LogP contribution in [0, 0.1) is 0 Å². The van der Waals surface area contributed by atoms with E-state index in [2.05, 4.69) is 32.1 Å². The number of thioether (sulfide) groups is 1. The van der Waals surface area contributed by atoms with Crippen molar-refractivity contribution in [1.29, 1.82) is 0 Å². The SMILES string of the molecule is C=C/C(N)=N\C(=N/C(C)Oc1cccc(-c2nnc(Nc3cccc(C(F)(F)F)c3)s2)c1)SC. The topological polar surface area (TPSA) is 97.8 Å². The molecule has 0 bridgehead atoms. The highest BCUT2D eigenvalue weighted by Crippen LogP contribution is 2.33. The van der Waals surface area contributed by atoms with Gasteiger partial charge in [-0.25, -0.2) is 9.98 Å². The van der Waals surface area contributed by atoms with E-state index in [-0.39, 0.29) is 11.5 Å². The molecule has 3 rings (SSSR count). The van der Waals surface area contributed by atoms with Crippen molar-refractivity contribution in [3.05, 3.63) is 66.7 Å². The number of halogens is 3. The first-order valence-corrected chi connectivity index (χ1v) is 11.9. The van der Waals surface area contributed by atoms with Gasteiger partial charge in [-0.15, -0.1) is 10.2 Å². The molecule has 34 heavy (non-hydrogen) atoms. The largest absolute Gasteiger partial charge is 0.469 e. The molecule has 7 nitrogen and oxygen atoms in total. The number of nitrogens with zero attached hydrogens (tertiary/aromatic N) is 4. The molecular formula is C22H21F3N6OS2. The third kappa shape index (κ3) is 7.06. The summed E-state index contributed by atoms with van der Waals surface area (Å²) in [6.07, 6.45) is -1.70. The lowest BCUT2D eigenvalue weighted by atomic mass is 10.2. The van der Waals surface area contributed by atoms with E-state index >= 15 is 0 Å². The van der Waals surface area contributed by atoms with Crippen LogP contribution in [0.3, 0.4) is 0 Å². The highest BCUT2D eigenvalue weighted by atomic mass is 32.2. The van der Waals surface area contributed by atoms with Crippen molar-refractivity contribution in [2.24, 2.45) is 15.7 Å². The summed E-state index contributed by atoms with van der Waals surface area (Å²) < 4.78 is 44.7. The Morgan fingerprint density at radius 1 is 1.24 bits per heavy atom. The third-order valence-corrected chi connectivity index (χ3v) is 5.61. The lowest BCUT2D eigenvalue weighted by Gasteiger charge is -2.12. The quantitative estimate of drug-likeness (QED) is 0.303. The Bertz CT molecular complexity index is 1210. The molecule has 0 aliphatic carbocycles. The molecule has 3 N–H and O–H groups in total. The minimum atomic E-state index is -4.42. The Kier molecular flexibility index (Phi) is 8.29. The number of ether oxygens (including phenoxy) is 1. The number of hydrogen-bond acceptors (Lipinski definition) is 7. The van der Waals surface area contributed by atoms with E-state index in [1.165, 1.54) is 41.3 Å². The molecule has 0 amide bonds. The summed E-state index contributed by atoms with van der Waals surface area (Å²) >= 11 is 2.53. The number of rotatable bonds is 7. The average molecular weight is 507 g/mol. The standard InChI is InChI=1S/C22H21F3N6OS2/c1-4-18(26)29-20(33-3)27-13(2)32-17-10-5-7-14(11-17)19-30-31-21(34-19)28-16-9-6-8-15(12-16)22(23,24)25/h4-13H,1H2,2-3H3,(H,28,31)(H2,26,27,29). The zero-order valence-corrected chi connectivity index (χ0v) is 19.8. The lowest BCUT2D eigenvalue weighted by molar-refractivity contribution is -0.137. The van der Waals surface area contributed by atoms with Gasteiger partial charge in [0.15, 0.2) is 11.4 Å². The fourth-order valence-electron chi connectivity index (χ4n) is 2.65. The van der Waals surface area contributed by atoms with E-state index in [1.54, 1.807) is 25.1 Å². The molecule has 12 heteroatoms. The number of amidine groups is 2. The molecule has 178 valence electrons. The molecule has 0 aliphatic heterocycles. The molecule has 2 aromatic carbocycles. The maximum absolute atomic E-state index is 12.9. The number of alkyl halides is 3. The maximum atomic E-state index is 12.9. The molecule has 0 aliphatic rings. The number of nitrogens with one attached hydrogen (secondary N) is 1. The van der Waals surface area contributed by atoms with Gasteiger partial charge in [0, 0.05) is 11.3 Å². The zero-order valence-electron chi connectivity index (χ0n) is 18.2. The van der Waals surface area contributed by atoms with E-state index in [1.807, 2.05) is 12.3 Å². The summed E-state index contributed by atoms with van der Waals surface area (Å²) in [7, 11) is 0. The van der Waals surface area contributed by atoms with E-state index in [4.69, 9.17) is 10.5 Å². The van der Waals surface area contributed by atoms with E-state index < -0.39 is 18.0 Å². The smallest absolute Gasteiger partial charge is 0.416 e. The summed E-state index contributed by atoms with van der Waals surface area (Å²) in [4.78, 5) is 8.52. The van der Waals surface area contributed by atoms with Gasteiger partial charge in [-0.2, -0.15) is 13.2 Å². The van der Waals surface area contributed by atoms with Gasteiger partial charge in [0.1, 0.15) is 16.6 Å². The van der Waals surface area contributed by atoms with Crippen LogP contribution in [0.15, 0.2) is 71.2 Å². The van der Waals surface area contributed by atoms with Crippen LogP contribution >= 0.6 is 23.1 Å². The van der Waals surface area contributed by atoms with Crippen molar-refractivity contribution in [2.45, 2.75) is 19.3 Å². The molecule has 3 aromatic rings. The predicted molar refractivity (Wildman–Crippen MR) is 133 cm³/mol. The van der Waals surface area contributed by atoms with Crippen molar-refractivity contribution in [2.75, 3.05) is 11.6 Å². The molecule has 0 spiro atoms. The van der Waals surface area contributed by atoms with Crippen LogP contribution in [0.1, 0.15) is 12.5 Å². The van der Waals surface area contributed by atoms with Gasteiger partial charge in [0.05, 0.1) is 5.56 Å². The molecule has 0 saturated heterocycles. The third-order valence-electron chi connectivity index (χ3n) is 4.16. The first-order chi connectivity index (χ1) is 16.2. The summed E-state index contributed by atoms with van der Waals surface area (Å²) in [5.74, 6) is 0.811. The Balaban J connectivity index is 1.73. The van der Waals surface area contributed by atoms with Gasteiger partial charge < -0.3 is 15.8 Å². The van der Waals surface area contributed by atoms with Crippen LogP contribution in [0.5, 0.6) is 5.75 Å². The number of hydrogen-bond donors (Lipinski definition) is 2. The van der Waals surface area contributed by atoms with Crippen molar-refractivity contribution in [3.8, 4) is 16.3 Å². The first-order valence-electron chi connectivity index (χ1n) is 9.81. The predicted octanol–water partition coefficient (Wildman–Crippen LogP) is 5.95. The van der Waals surface area contributed by atoms with Crippen molar-refractivity contribution in [1.82, 2.24) is 10.2 Å². The van der Waals surface area contributed by atoms with Crippen LogP contribution in [-0.4, -0.2) is 33.7 Å². The Hall–Kier alpha value is -3.38. The van der Waals surface area contributed by atoms with Crippen molar-refractivity contribution < 1.29 is 17.9 Å². The first kappa shape index (κ1) is 25.2. The highest BCUT2D eigenvalue weighted by Gasteiger charge is 2.30. The van der Waals surface area contributed by atoms with Gasteiger partial charge in [-0.3, -0.25) is 0 Å². The minimum Gasteiger partial charge on any atom is -0.469 e. The molecule has 0 radical (unpaired) electrons. The second-order valence-electron chi connectivity index (χ2n) is 6.72. The molecule has 1 unspecified atom stereocenters. The summed E-state index contributed by atoms with van der Waals surface area (Å²) in [5.41, 5.74) is 5.93. The van der Waals surface area contributed by atoms with Gasteiger partial charge in [-0.1, -0.05) is 47.9 Å². The Morgan fingerprint density at radius 2 is 2.00 bits per heavy atom. The van der Waals surface area contributed by atoms with Crippen molar-refractivity contribution >= 4 is 44.9 Å². The van der Waals surface area contributed by atoms with Crippen LogP contribution in [0.25, 0.3) is 10.6 Å². The second-order valence-corrected chi connectivity index (χ2v) is 8.47. The van der Waals surface area contributed by atoms with E-state index in [0.29, 0.717) is 21.1 Å². The number of aromatic nitrogens is 2. The van der Waals surface area contributed by atoms with Crippen molar-refractivity contribution in [3.63, 3.8) is 0 Å². The summed E-state index contributed by atoms with van der Waals surface area (Å²) in [6, 6.07) is 12.1.